The number of carboxylic acid groups (broad SMARTS) is 1. The molecule has 1 saturated heterocycles. The molecule has 0 unspecified atom stereocenters. The molecule has 17 heavy (non-hydrogen) atoms. The standard InChI is InChI=1S/C11H12BrNO3S/c12-9-2-1-8(17-9)5-10(14)13-4-3-7(6-13)11(15)16/h1-2,7H,3-6H2,(H,15,16)/t7-/m0/s1. The number of halogens is 1. The molecule has 2 rings (SSSR count). The first-order valence-electron chi connectivity index (χ1n) is 5.31. The van der Waals surface area contributed by atoms with Gasteiger partial charge < -0.3 is 10.0 Å². The van der Waals surface area contributed by atoms with Crippen molar-refractivity contribution in [2.45, 2.75) is 12.8 Å². The first-order chi connectivity index (χ1) is 8.06. The van der Waals surface area contributed by atoms with Gasteiger partial charge in [-0.15, -0.1) is 11.3 Å². The Balaban J connectivity index is 1.91. The van der Waals surface area contributed by atoms with Crippen molar-refractivity contribution in [1.82, 2.24) is 4.90 Å². The zero-order valence-electron chi connectivity index (χ0n) is 9.06. The molecule has 0 saturated carbocycles. The first kappa shape index (κ1) is 12.6. The van der Waals surface area contributed by atoms with Crippen molar-refractivity contribution in [3.8, 4) is 0 Å². The average molecular weight is 318 g/mol. The second kappa shape index (κ2) is 5.18. The highest BCUT2D eigenvalue weighted by Gasteiger charge is 2.30. The number of thiophene rings is 1. The summed E-state index contributed by atoms with van der Waals surface area (Å²) in [4.78, 5) is 25.4. The molecule has 1 aliphatic rings. The van der Waals surface area contributed by atoms with Crippen molar-refractivity contribution >= 4 is 39.1 Å². The van der Waals surface area contributed by atoms with Crippen LogP contribution >= 0.6 is 27.3 Å². The van der Waals surface area contributed by atoms with E-state index in [1.807, 2.05) is 12.1 Å². The van der Waals surface area contributed by atoms with Crippen LogP contribution in [0.1, 0.15) is 11.3 Å². The third-order valence-corrected chi connectivity index (χ3v) is 4.47. The summed E-state index contributed by atoms with van der Waals surface area (Å²) in [6, 6.07) is 3.83. The van der Waals surface area contributed by atoms with Crippen molar-refractivity contribution in [2.24, 2.45) is 5.92 Å². The van der Waals surface area contributed by atoms with Crippen LogP contribution in [0, 0.1) is 5.92 Å². The van der Waals surface area contributed by atoms with Crippen molar-refractivity contribution in [1.29, 1.82) is 0 Å². The SMILES string of the molecule is O=C(O)[C@H]1CCN(C(=O)Cc2ccc(Br)s2)C1. The lowest BCUT2D eigenvalue weighted by atomic mass is 10.1. The van der Waals surface area contributed by atoms with Crippen LogP contribution < -0.4 is 0 Å². The van der Waals surface area contributed by atoms with E-state index in [1.54, 1.807) is 4.90 Å². The topological polar surface area (TPSA) is 57.6 Å². The summed E-state index contributed by atoms with van der Waals surface area (Å²) in [5, 5.41) is 8.86. The molecule has 0 aromatic carbocycles. The third-order valence-electron chi connectivity index (χ3n) is 2.84. The zero-order chi connectivity index (χ0) is 12.4. The molecule has 1 fully saturated rings. The Bertz CT molecular complexity index is 446. The molecule has 1 aliphatic heterocycles. The Morgan fingerprint density at radius 2 is 2.29 bits per heavy atom. The summed E-state index contributed by atoms with van der Waals surface area (Å²) in [6.45, 7) is 0.906. The normalized spacial score (nSPS) is 19.6. The molecule has 0 spiro atoms. The maximum Gasteiger partial charge on any atom is 0.308 e. The van der Waals surface area contributed by atoms with E-state index in [2.05, 4.69) is 15.9 Å². The number of carboxylic acids is 1. The van der Waals surface area contributed by atoms with Crippen LogP contribution in [0.2, 0.25) is 0 Å². The van der Waals surface area contributed by atoms with Gasteiger partial charge in [-0.3, -0.25) is 9.59 Å². The number of hydrogen-bond donors (Lipinski definition) is 1. The van der Waals surface area contributed by atoms with Gasteiger partial charge in [0.15, 0.2) is 0 Å². The zero-order valence-corrected chi connectivity index (χ0v) is 11.5. The van der Waals surface area contributed by atoms with Crippen molar-refractivity contribution < 1.29 is 14.7 Å². The number of carbonyl (C=O) groups is 2. The number of hydrogen-bond acceptors (Lipinski definition) is 3. The van der Waals surface area contributed by atoms with Gasteiger partial charge in [0.1, 0.15) is 0 Å². The van der Waals surface area contributed by atoms with Gasteiger partial charge in [-0.05, 0) is 34.5 Å². The van der Waals surface area contributed by atoms with Crippen LogP contribution in [0.3, 0.4) is 0 Å². The van der Waals surface area contributed by atoms with Crippen LogP contribution in [-0.4, -0.2) is 35.0 Å². The Labute approximate surface area is 111 Å². The van der Waals surface area contributed by atoms with E-state index in [9.17, 15) is 9.59 Å². The molecule has 6 heteroatoms. The number of aliphatic carboxylic acids is 1. The fourth-order valence-electron chi connectivity index (χ4n) is 1.90. The smallest absolute Gasteiger partial charge is 0.308 e. The molecule has 1 aromatic rings. The lowest BCUT2D eigenvalue weighted by molar-refractivity contribution is -0.141. The van der Waals surface area contributed by atoms with E-state index >= 15 is 0 Å². The monoisotopic (exact) mass is 317 g/mol. The number of nitrogens with zero attached hydrogens (tertiary/aromatic N) is 1. The quantitative estimate of drug-likeness (QED) is 0.927. The van der Waals surface area contributed by atoms with E-state index in [0.29, 0.717) is 25.9 Å². The van der Waals surface area contributed by atoms with Gasteiger partial charge in [0, 0.05) is 18.0 Å². The summed E-state index contributed by atoms with van der Waals surface area (Å²) in [7, 11) is 0. The molecule has 1 N–H and O–H groups in total. The van der Waals surface area contributed by atoms with E-state index < -0.39 is 11.9 Å². The highest BCUT2D eigenvalue weighted by Crippen LogP contribution is 2.24. The predicted molar refractivity (Wildman–Crippen MR) is 68.0 cm³/mol. The Morgan fingerprint density at radius 3 is 2.82 bits per heavy atom. The summed E-state index contributed by atoms with van der Waals surface area (Å²) >= 11 is 4.88. The summed E-state index contributed by atoms with van der Waals surface area (Å²) in [6.07, 6.45) is 0.928. The van der Waals surface area contributed by atoms with Crippen LogP contribution in [0.25, 0.3) is 0 Å². The maximum atomic E-state index is 11.9. The Kier molecular flexibility index (Phi) is 3.83. The van der Waals surface area contributed by atoms with E-state index in [4.69, 9.17) is 5.11 Å². The van der Waals surface area contributed by atoms with Gasteiger partial charge in [-0.25, -0.2) is 0 Å². The minimum absolute atomic E-state index is 0.0168. The Hall–Kier alpha value is -0.880. The van der Waals surface area contributed by atoms with Gasteiger partial charge in [0.25, 0.3) is 0 Å². The summed E-state index contributed by atoms with van der Waals surface area (Å²) in [5.74, 6) is -1.18. The second-order valence-electron chi connectivity index (χ2n) is 4.05. The van der Waals surface area contributed by atoms with E-state index in [1.165, 1.54) is 11.3 Å². The minimum Gasteiger partial charge on any atom is -0.481 e. The minimum atomic E-state index is -0.806. The summed E-state index contributed by atoms with van der Waals surface area (Å²) < 4.78 is 1.00. The highest BCUT2D eigenvalue weighted by atomic mass is 79.9. The molecule has 1 amide bonds. The Morgan fingerprint density at radius 1 is 1.53 bits per heavy atom. The summed E-state index contributed by atoms with van der Waals surface area (Å²) in [5.41, 5.74) is 0. The maximum absolute atomic E-state index is 11.9. The fraction of sp³-hybridized carbons (Fsp3) is 0.455. The van der Waals surface area contributed by atoms with Gasteiger partial charge in [-0.2, -0.15) is 0 Å². The van der Waals surface area contributed by atoms with E-state index in [0.717, 1.165) is 8.66 Å². The largest absolute Gasteiger partial charge is 0.481 e. The number of carbonyl (C=O) groups excluding carboxylic acids is 1. The van der Waals surface area contributed by atoms with Crippen LogP contribution in [-0.2, 0) is 16.0 Å². The molecule has 4 nitrogen and oxygen atoms in total. The molecule has 1 aromatic heterocycles. The molecule has 92 valence electrons. The number of amides is 1. The van der Waals surface area contributed by atoms with Crippen molar-refractivity contribution in [2.75, 3.05) is 13.1 Å². The van der Waals surface area contributed by atoms with Crippen molar-refractivity contribution in [3.05, 3.63) is 20.8 Å². The van der Waals surface area contributed by atoms with Gasteiger partial charge in [0.2, 0.25) is 5.91 Å². The second-order valence-corrected chi connectivity index (χ2v) is 6.59. The van der Waals surface area contributed by atoms with Gasteiger partial charge in [-0.1, -0.05) is 0 Å². The van der Waals surface area contributed by atoms with Crippen LogP contribution in [0.4, 0.5) is 0 Å². The molecule has 1 atom stereocenters. The lowest BCUT2D eigenvalue weighted by Crippen LogP contribution is -2.30. The average Bonchev–Trinajstić information content (AvgIpc) is 2.86. The van der Waals surface area contributed by atoms with Crippen LogP contribution in [0.5, 0.6) is 0 Å². The highest BCUT2D eigenvalue weighted by molar-refractivity contribution is 9.11. The fourth-order valence-corrected chi connectivity index (χ4v) is 3.37. The molecule has 0 aliphatic carbocycles. The first-order valence-corrected chi connectivity index (χ1v) is 6.92. The third kappa shape index (κ3) is 3.07. The molecular formula is C11H12BrNO3S. The molecule has 2 heterocycles. The molecule has 0 radical (unpaired) electrons. The van der Waals surface area contributed by atoms with Gasteiger partial charge in [0.05, 0.1) is 16.1 Å². The van der Waals surface area contributed by atoms with Crippen molar-refractivity contribution in [3.63, 3.8) is 0 Å². The molecular weight excluding hydrogens is 306 g/mol. The van der Waals surface area contributed by atoms with E-state index in [-0.39, 0.29) is 5.91 Å². The van der Waals surface area contributed by atoms with Crippen LogP contribution in [0.15, 0.2) is 15.9 Å². The number of likely N-dealkylation sites (tertiary alicyclic amines) is 1. The predicted octanol–water partition coefficient (Wildman–Crippen LogP) is 1.99. The lowest BCUT2D eigenvalue weighted by Gasteiger charge is -2.14. The molecule has 0 bridgehead atoms. The number of rotatable bonds is 3. The van der Waals surface area contributed by atoms with Gasteiger partial charge >= 0.3 is 5.97 Å².